The number of nitrogens with zero attached hydrogens (tertiary/aromatic N) is 1. The van der Waals surface area contributed by atoms with Crippen LogP contribution in [0.4, 0.5) is 0 Å². The molecule has 0 aliphatic rings. The Morgan fingerprint density at radius 3 is 2.69 bits per heavy atom. The average molecular weight is 223 g/mol. The molecule has 1 unspecified atom stereocenters. The van der Waals surface area contributed by atoms with Crippen LogP contribution in [-0.2, 0) is 5.60 Å². The quantitative estimate of drug-likeness (QED) is 0.834. The number of pyridine rings is 1. The van der Waals surface area contributed by atoms with E-state index in [0.717, 1.165) is 18.4 Å². The van der Waals surface area contributed by atoms with E-state index in [1.165, 1.54) is 0 Å². The second kappa shape index (κ2) is 5.30. The summed E-state index contributed by atoms with van der Waals surface area (Å²) in [5.41, 5.74) is -0.00883. The highest BCUT2D eigenvalue weighted by molar-refractivity contribution is 5.27. The van der Waals surface area contributed by atoms with Crippen molar-refractivity contribution in [1.82, 2.24) is 4.98 Å². The van der Waals surface area contributed by atoms with Gasteiger partial charge in [0.15, 0.2) is 0 Å². The molecular weight excluding hydrogens is 202 g/mol. The molecule has 1 atom stereocenters. The van der Waals surface area contributed by atoms with Crippen molar-refractivity contribution >= 4 is 0 Å². The first-order valence-electron chi connectivity index (χ1n) is 5.80. The fourth-order valence-corrected chi connectivity index (χ4v) is 1.68. The van der Waals surface area contributed by atoms with Crippen LogP contribution < -0.4 is 4.74 Å². The number of ether oxygens (including phenoxy) is 1. The minimum atomic E-state index is -0.821. The van der Waals surface area contributed by atoms with Crippen LogP contribution in [0.1, 0.15) is 46.1 Å². The standard InChI is InChI=1S/C13H21NO2/c1-5-6-13(4,15)11-7-12(9-14-8-11)16-10(2)3/h7-10,15H,5-6H2,1-4H3. The van der Waals surface area contributed by atoms with Crippen molar-refractivity contribution in [3.8, 4) is 5.75 Å². The van der Waals surface area contributed by atoms with Crippen molar-refractivity contribution in [1.29, 1.82) is 0 Å². The summed E-state index contributed by atoms with van der Waals surface area (Å²) in [6, 6.07) is 1.86. The van der Waals surface area contributed by atoms with E-state index in [0.29, 0.717) is 5.75 Å². The molecule has 3 heteroatoms. The summed E-state index contributed by atoms with van der Waals surface area (Å²) < 4.78 is 5.55. The zero-order chi connectivity index (χ0) is 12.2. The molecule has 0 aliphatic carbocycles. The van der Waals surface area contributed by atoms with E-state index in [4.69, 9.17) is 4.74 Å². The number of hydrogen-bond acceptors (Lipinski definition) is 3. The lowest BCUT2D eigenvalue weighted by Gasteiger charge is -2.23. The van der Waals surface area contributed by atoms with Crippen LogP contribution >= 0.6 is 0 Å². The maximum Gasteiger partial charge on any atom is 0.138 e. The highest BCUT2D eigenvalue weighted by Gasteiger charge is 2.22. The summed E-state index contributed by atoms with van der Waals surface area (Å²) in [7, 11) is 0. The summed E-state index contributed by atoms with van der Waals surface area (Å²) in [5.74, 6) is 0.712. The summed E-state index contributed by atoms with van der Waals surface area (Å²) in [4.78, 5) is 4.10. The van der Waals surface area contributed by atoms with Crippen LogP contribution in [-0.4, -0.2) is 16.2 Å². The molecule has 0 radical (unpaired) electrons. The lowest BCUT2D eigenvalue weighted by molar-refractivity contribution is 0.0462. The van der Waals surface area contributed by atoms with Crippen molar-refractivity contribution in [3.05, 3.63) is 24.0 Å². The van der Waals surface area contributed by atoms with Crippen molar-refractivity contribution in [3.63, 3.8) is 0 Å². The van der Waals surface area contributed by atoms with Gasteiger partial charge in [0.05, 0.1) is 17.9 Å². The van der Waals surface area contributed by atoms with Gasteiger partial charge in [-0.3, -0.25) is 4.98 Å². The van der Waals surface area contributed by atoms with E-state index in [1.54, 1.807) is 12.4 Å². The van der Waals surface area contributed by atoms with Crippen molar-refractivity contribution < 1.29 is 9.84 Å². The predicted molar refractivity (Wildman–Crippen MR) is 64.5 cm³/mol. The molecule has 0 fully saturated rings. The molecule has 0 aliphatic heterocycles. The number of aliphatic hydroxyl groups is 1. The minimum absolute atomic E-state index is 0.119. The normalized spacial score (nSPS) is 14.9. The molecule has 0 amide bonds. The van der Waals surface area contributed by atoms with Crippen molar-refractivity contribution in [2.24, 2.45) is 0 Å². The molecule has 1 aromatic rings. The van der Waals surface area contributed by atoms with Gasteiger partial charge in [0, 0.05) is 11.8 Å². The van der Waals surface area contributed by atoms with E-state index in [2.05, 4.69) is 11.9 Å². The van der Waals surface area contributed by atoms with Gasteiger partial charge in [0.2, 0.25) is 0 Å². The first kappa shape index (κ1) is 13.0. The van der Waals surface area contributed by atoms with E-state index < -0.39 is 5.60 Å². The molecular formula is C13H21NO2. The predicted octanol–water partition coefficient (Wildman–Crippen LogP) is 2.88. The Morgan fingerprint density at radius 1 is 1.44 bits per heavy atom. The van der Waals surface area contributed by atoms with Gasteiger partial charge in [-0.25, -0.2) is 0 Å². The molecule has 0 bridgehead atoms. The largest absolute Gasteiger partial charge is 0.489 e. The van der Waals surface area contributed by atoms with Crippen LogP contribution in [0.5, 0.6) is 5.75 Å². The fraction of sp³-hybridized carbons (Fsp3) is 0.615. The Labute approximate surface area is 97.5 Å². The summed E-state index contributed by atoms with van der Waals surface area (Å²) >= 11 is 0. The Kier molecular flexibility index (Phi) is 4.30. The van der Waals surface area contributed by atoms with E-state index >= 15 is 0 Å². The minimum Gasteiger partial charge on any atom is -0.489 e. The zero-order valence-corrected chi connectivity index (χ0v) is 10.5. The van der Waals surface area contributed by atoms with Crippen LogP contribution in [0, 0.1) is 0 Å². The number of aromatic nitrogens is 1. The van der Waals surface area contributed by atoms with Crippen LogP contribution in [0.2, 0.25) is 0 Å². The maximum atomic E-state index is 10.2. The number of hydrogen-bond donors (Lipinski definition) is 1. The smallest absolute Gasteiger partial charge is 0.138 e. The fourth-order valence-electron chi connectivity index (χ4n) is 1.68. The van der Waals surface area contributed by atoms with Crippen LogP contribution in [0.25, 0.3) is 0 Å². The first-order chi connectivity index (χ1) is 7.45. The van der Waals surface area contributed by atoms with Crippen LogP contribution in [0.15, 0.2) is 18.5 Å². The van der Waals surface area contributed by atoms with Crippen LogP contribution in [0.3, 0.4) is 0 Å². The Morgan fingerprint density at radius 2 is 2.12 bits per heavy atom. The second-order valence-corrected chi connectivity index (χ2v) is 4.60. The molecule has 3 nitrogen and oxygen atoms in total. The van der Waals surface area contributed by atoms with E-state index in [1.807, 2.05) is 26.8 Å². The highest BCUT2D eigenvalue weighted by atomic mass is 16.5. The van der Waals surface area contributed by atoms with Gasteiger partial charge in [-0.2, -0.15) is 0 Å². The molecule has 90 valence electrons. The van der Waals surface area contributed by atoms with Gasteiger partial charge < -0.3 is 9.84 Å². The third-order valence-electron chi connectivity index (χ3n) is 2.44. The second-order valence-electron chi connectivity index (χ2n) is 4.60. The van der Waals surface area contributed by atoms with Gasteiger partial charge in [-0.05, 0) is 33.3 Å². The zero-order valence-electron chi connectivity index (χ0n) is 10.5. The topological polar surface area (TPSA) is 42.4 Å². The monoisotopic (exact) mass is 223 g/mol. The van der Waals surface area contributed by atoms with Gasteiger partial charge >= 0.3 is 0 Å². The van der Waals surface area contributed by atoms with Gasteiger partial charge in [0.25, 0.3) is 0 Å². The first-order valence-corrected chi connectivity index (χ1v) is 5.80. The van der Waals surface area contributed by atoms with Gasteiger partial charge in [0.1, 0.15) is 5.75 Å². The molecule has 0 saturated carbocycles. The molecule has 1 aromatic heterocycles. The summed E-state index contributed by atoms with van der Waals surface area (Å²) in [6.07, 6.45) is 5.14. The third kappa shape index (κ3) is 3.49. The molecule has 0 aromatic carbocycles. The summed E-state index contributed by atoms with van der Waals surface area (Å²) in [5, 5.41) is 10.2. The Bertz CT molecular complexity index is 334. The third-order valence-corrected chi connectivity index (χ3v) is 2.44. The SMILES string of the molecule is CCCC(C)(O)c1cncc(OC(C)C)c1. The molecule has 1 N–H and O–H groups in total. The lowest BCUT2D eigenvalue weighted by Crippen LogP contribution is -2.21. The lowest BCUT2D eigenvalue weighted by atomic mass is 9.93. The molecule has 1 rings (SSSR count). The van der Waals surface area contributed by atoms with Gasteiger partial charge in [-0.1, -0.05) is 13.3 Å². The summed E-state index contributed by atoms with van der Waals surface area (Å²) in [6.45, 7) is 7.80. The maximum absolute atomic E-state index is 10.2. The highest BCUT2D eigenvalue weighted by Crippen LogP contribution is 2.27. The Balaban J connectivity index is 2.89. The van der Waals surface area contributed by atoms with E-state index in [9.17, 15) is 5.11 Å². The Hall–Kier alpha value is -1.09. The van der Waals surface area contributed by atoms with Gasteiger partial charge in [-0.15, -0.1) is 0 Å². The van der Waals surface area contributed by atoms with E-state index in [-0.39, 0.29) is 6.10 Å². The molecule has 0 spiro atoms. The van der Waals surface area contributed by atoms with Crippen molar-refractivity contribution in [2.45, 2.75) is 52.2 Å². The molecule has 1 heterocycles. The molecule has 16 heavy (non-hydrogen) atoms. The molecule has 0 saturated heterocycles. The van der Waals surface area contributed by atoms with Crippen molar-refractivity contribution in [2.75, 3.05) is 0 Å². The average Bonchev–Trinajstić information content (AvgIpc) is 2.17. The number of rotatable bonds is 5.